The fourth-order valence-corrected chi connectivity index (χ4v) is 6.38. The molecule has 1 N–H and O–H groups in total. The van der Waals surface area contributed by atoms with Crippen LogP contribution in [-0.4, -0.2) is 52.0 Å². The van der Waals surface area contributed by atoms with Crippen LogP contribution in [0.2, 0.25) is 0 Å². The fourth-order valence-electron chi connectivity index (χ4n) is 5.54. The molecule has 9 heteroatoms. The van der Waals surface area contributed by atoms with Crippen molar-refractivity contribution < 1.29 is 14.4 Å². The summed E-state index contributed by atoms with van der Waals surface area (Å²) in [5.74, 6) is -0.418. The van der Waals surface area contributed by atoms with E-state index in [9.17, 15) is 14.4 Å². The lowest BCUT2D eigenvalue weighted by Crippen LogP contribution is -2.38. The Morgan fingerprint density at radius 1 is 0.971 bits per heavy atom. The van der Waals surface area contributed by atoms with Crippen molar-refractivity contribution in [2.45, 2.75) is 70.8 Å². The van der Waals surface area contributed by atoms with Crippen molar-refractivity contribution in [3.8, 4) is 0 Å². The van der Waals surface area contributed by atoms with Gasteiger partial charge in [0.2, 0.25) is 22.9 Å². The van der Waals surface area contributed by atoms with Gasteiger partial charge in [-0.15, -0.1) is 10.2 Å². The number of hydrogen-bond acceptors (Lipinski definition) is 6. The molecule has 1 aromatic carbocycles. The van der Waals surface area contributed by atoms with Crippen molar-refractivity contribution in [3.63, 3.8) is 0 Å². The minimum Gasteiger partial charge on any atom is -0.339 e. The Kier molecular flexibility index (Phi) is 6.38. The first-order chi connectivity index (χ1) is 16.4. The summed E-state index contributed by atoms with van der Waals surface area (Å²) in [5.41, 5.74) is 3.16. The third-order valence-electron chi connectivity index (χ3n) is 7.21. The second kappa shape index (κ2) is 9.44. The van der Waals surface area contributed by atoms with Crippen LogP contribution in [0.5, 0.6) is 0 Å². The SMILES string of the molecule is Cc1cc(C)cc(N2CC(c3nnc(NC(=O)C4CC(=O)N(C5CCCCC5)C4)s3)CC2=O)c1. The average Bonchev–Trinajstić information content (AvgIpc) is 3.52. The fraction of sp³-hybridized carbons (Fsp3) is 0.560. The number of carbonyl (C=O) groups excluding carboxylic acids is 3. The van der Waals surface area contributed by atoms with E-state index in [4.69, 9.17) is 0 Å². The number of nitrogens with zero attached hydrogens (tertiary/aromatic N) is 4. The highest BCUT2D eigenvalue weighted by Gasteiger charge is 2.39. The van der Waals surface area contributed by atoms with Gasteiger partial charge < -0.3 is 15.1 Å². The standard InChI is InChI=1S/C25H31N5O3S/c1-15-8-16(2)10-20(9-15)30-14-18(12-22(30)32)24-27-28-25(34-24)26-23(33)17-11-21(31)29(13-17)19-6-4-3-5-7-19/h8-10,17-19H,3-7,11-14H2,1-2H3,(H,26,28,33). The van der Waals surface area contributed by atoms with E-state index in [-0.39, 0.29) is 42.0 Å². The molecule has 8 nitrogen and oxygen atoms in total. The number of carbonyl (C=O) groups is 3. The summed E-state index contributed by atoms with van der Waals surface area (Å²) in [7, 11) is 0. The summed E-state index contributed by atoms with van der Waals surface area (Å²) in [6, 6.07) is 6.43. The molecule has 3 fully saturated rings. The van der Waals surface area contributed by atoms with E-state index in [2.05, 4.69) is 21.6 Å². The van der Waals surface area contributed by atoms with Gasteiger partial charge >= 0.3 is 0 Å². The second-order valence-electron chi connectivity index (χ2n) is 9.92. The molecule has 34 heavy (non-hydrogen) atoms. The first kappa shape index (κ1) is 23.0. The van der Waals surface area contributed by atoms with E-state index < -0.39 is 0 Å². The Labute approximate surface area is 203 Å². The van der Waals surface area contributed by atoms with E-state index in [0.717, 1.165) is 47.5 Å². The molecule has 0 spiro atoms. The summed E-state index contributed by atoms with van der Waals surface area (Å²) in [5, 5.41) is 12.5. The Hall–Kier alpha value is -2.81. The minimum atomic E-state index is -0.352. The van der Waals surface area contributed by atoms with Crippen molar-refractivity contribution in [2.24, 2.45) is 5.92 Å². The Morgan fingerprint density at radius 2 is 1.71 bits per heavy atom. The van der Waals surface area contributed by atoms with Crippen LogP contribution in [0.4, 0.5) is 10.8 Å². The van der Waals surface area contributed by atoms with Gasteiger partial charge in [0.1, 0.15) is 5.01 Å². The van der Waals surface area contributed by atoms with Crippen molar-refractivity contribution in [2.75, 3.05) is 23.3 Å². The van der Waals surface area contributed by atoms with Crippen molar-refractivity contribution in [1.29, 1.82) is 0 Å². The summed E-state index contributed by atoms with van der Waals surface area (Å²) >= 11 is 1.32. The van der Waals surface area contributed by atoms with Crippen LogP contribution in [0.25, 0.3) is 0 Å². The molecular formula is C25H31N5O3S. The van der Waals surface area contributed by atoms with E-state index in [1.54, 1.807) is 0 Å². The highest BCUT2D eigenvalue weighted by atomic mass is 32.1. The molecule has 0 radical (unpaired) electrons. The Balaban J connectivity index is 1.20. The molecular weight excluding hydrogens is 450 g/mol. The number of benzene rings is 1. The maximum absolute atomic E-state index is 12.9. The van der Waals surface area contributed by atoms with Gasteiger partial charge in [-0.1, -0.05) is 36.7 Å². The van der Waals surface area contributed by atoms with Crippen LogP contribution in [0.1, 0.15) is 67.0 Å². The normalized spacial score (nSPS) is 23.7. The van der Waals surface area contributed by atoms with E-state index >= 15 is 0 Å². The zero-order valence-corrected chi connectivity index (χ0v) is 20.6. The van der Waals surface area contributed by atoms with Gasteiger partial charge in [-0.3, -0.25) is 14.4 Å². The van der Waals surface area contributed by atoms with Gasteiger partial charge in [0.15, 0.2) is 0 Å². The molecule has 3 amide bonds. The lowest BCUT2D eigenvalue weighted by atomic mass is 9.94. The predicted octanol–water partition coefficient (Wildman–Crippen LogP) is 3.80. The van der Waals surface area contributed by atoms with E-state index in [1.807, 2.05) is 35.8 Å². The number of rotatable bonds is 5. The van der Waals surface area contributed by atoms with Crippen LogP contribution >= 0.6 is 11.3 Å². The molecule has 180 valence electrons. The van der Waals surface area contributed by atoms with Crippen LogP contribution in [0.15, 0.2) is 18.2 Å². The summed E-state index contributed by atoms with van der Waals surface area (Å²) in [4.78, 5) is 41.8. The molecule has 3 aliphatic rings. The lowest BCUT2D eigenvalue weighted by molar-refractivity contribution is -0.130. The number of hydrogen-bond donors (Lipinski definition) is 1. The van der Waals surface area contributed by atoms with E-state index in [1.165, 1.54) is 17.8 Å². The predicted molar refractivity (Wildman–Crippen MR) is 131 cm³/mol. The molecule has 2 aromatic rings. The van der Waals surface area contributed by atoms with Crippen LogP contribution in [-0.2, 0) is 14.4 Å². The van der Waals surface area contributed by atoms with Gasteiger partial charge in [-0.2, -0.15) is 0 Å². The number of aromatic nitrogens is 2. The monoisotopic (exact) mass is 481 g/mol. The molecule has 3 heterocycles. The van der Waals surface area contributed by atoms with Gasteiger partial charge in [0.05, 0.1) is 5.92 Å². The Morgan fingerprint density at radius 3 is 2.44 bits per heavy atom. The van der Waals surface area contributed by atoms with Gasteiger partial charge in [-0.05, 0) is 49.9 Å². The number of amides is 3. The van der Waals surface area contributed by atoms with E-state index in [0.29, 0.717) is 24.6 Å². The summed E-state index contributed by atoms with van der Waals surface area (Å²) in [6.07, 6.45) is 6.26. The second-order valence-corrected chi connectivity index (χ2v) is 10.9. The van der Waals surface area contributed by atoms with Crippen molar-refractivity contribution in [1.82, 2.24) is 15.1 Å². The topological polar surface area (TPSA) is 95.5 Å². The summed E-state index contributed by atoms with van der Waals surface area (Å²) in [6.45, 7) is 5.10. The van der Waals surface area contributed by atoms with Gasteiger partial charge in [-0.25, -0.2) is 0 Å². The first-order valence-electron chi connectivity index (χ1n) is 12.2. The molecule has 0 bridgehead atoms. The van der Waals surface area contributed by atoms with Crippen LogP contribution in [0.3, 0.4) is 0 Å². The number of anilines is 2. The third kappa shape index (κ3) is 4.71. The smallest absolute Gasteiger partial charge is 0.231 e. The highest BCUT2D eigenvalue weighted by molar-refractivity contribution is 7.15. The maximum atomic E-state index is 12.9. The van der Waals surface area contributed by atoms with Crippen LogP contribution < -0.4 is 10.2 Å². The largest absolute Gasteiger partial charge is 0.339 e. The molecule has 1 aliphatic carbocycles. The maximum Gasteiger partial charge on any atom is 0.231 e. The quantitative estimate of drug-likeness (QED) is 0.701. The lowest BCUT2D eigenvalue weighted by Gasteiger charge is -2.31. The molecule has 1 saturated carbocycles. The minimum absolute atomic E-state index is 0.0497. The van der Waals surface area contributed by atoms with Crippen molar-refractivity contribution in [3.05, 3.63) is 34.3 Å². The third-order valence-corrected chi connectivity index (χ3v) is 8.21. The zero-order valence-electron chi connectivity index (χ0n) is 19.7. The van der Waals surface area contributed by atoms with Crippen molar-refractivity contribution >= 4 is 39.9 Å². The summed E-state index contributed by atoms with van der Waals surface area (Å²) < 4.78 is 0. The molecule has 5 rings (SSSR count). The molecule has 2 aliphatic heterocycles. The molecule has 2 saturated heterocycles. The first-order valence-corrected chi connectivity index (χ1v) is 13.0. The molecule has 2 atom stereocenters. The average molecular weight is 482 g/mol. The number of aryl methyl sites for hydroxylation is 2. The molecule has 2 unspecified atom stereocenters. The number of likely N-dealkylation sites (tertiary alicyclic amines) is 1. The van der Waals surface area contributed by atoms with Gasteiger partial charge in [0, 0.05) is 43.6 Å². The zero-order chi connectivity index (χ0) is 23.8. The van der Waals surface area contributed by atoms with Gasteiger partial charge in [0.25, 0.3) is 0 Å². The Bertz CT molecular complexity index is 1090. The highest BCUT2D eigenvalue weighted by Crippen LogP contribution is 2.35. The number of nitrogens with one attached hydrogen (secondary N) is 1. The van der Waals surface area contributed by atoms with Crippen LogP contribution in [0, 0.1) is 19.8 Å². The molecule has 1 aromatic heterocycles.